The van der Waals surface area contributed by atoms with Crippen molar-refractivity contribution in [1.82, 2.24) is 5.32 Å². The highest BCUT2D eigenvalue weighted by Gasteiger charge is 2.28. The number of hydrogen-bond acceptors (Lipinski definition) is 12. The smallest absolute Gasteiger partial charge is 0.330 e. The summed E-state index contributed by atoms with van der Waals surface area (Å²) in [5.41, 5.74) is 10.1. The zero-order chi connectivity index (χ0) is 57.0. The van der Waals surface area contributed by atoms with Gasteiger partial charge >= 0.3 is 11.9 Å². The number of esters is 2. The zero-order valence-electron chi connectivity index (χ0n) is 48.8. The molecule has 12 heteroatoms. The molecule has 0 radical (unpaired) electrons. The lowest BCUT2D eigenvalue weighted by Gasteiger charge is -2.27. The highest BCUT2D eigenvalue weighted by molar-refractivity contribution is 7.99. The maximum atomic E-state index is 12.7. The number of nitrogens with one attached hydrogen (secondary N) is 2. The second kappa shape index (κ2) is 44.3. The van der Waals surface area contributed by atoms with Gasteiger partial charge in [0, 0.05) is 40.2 Å². The van der Waals surface area contributed by atoms with E-state index < -0.39 is 0 Å². The van der Waals surface area contributed by atoms with Gasteiger partial charge in [-0.1, -0.05) is 123 Å². The Morgan fingerprint density at radius 3 is 1.82 bits per heavy atom. The number of aldehydes is 1. The molecule has 4 aromatic rings. The normalized spacial score (nSPS) is 16.2. The number of unbranched alkanes of at least 4 members (excludes halogenated alkanes) is 7. The first-order valence-electron chi connectivity index (χ1n) is 29.4. The molecular formula is C66H99N3O8S. The molecule has 2 fully saturated rings. The lowest BCUT2D eigenvalue weighted by atomic mass is 9.82. The summed E-state index contributed by atoms with van der Waals surface area (Å²) in [5.74, 6) is 4.41. The monoisotopic (exact) mass is 1090 g/mol. The number of thioether (sulfide) groups is 1. The summed E-state index contributed by atoms with van der Waals surface area (Å²) in [6.07, 6.45) is 25.0. The van der Waals surface area contributed by atoms with Crippen LogP contribution in [0.3, 0.4) is 0 Å². The minimum absolute atomic E-state index is 0.0603. The first kappa shape index (κ1) is 68.5. The fourth-order valence-electron chi connectivity index (χ4n) is 8.96. The topological polar surface area (TPSA) is 159 Å². The molecule has 0 spiro atoms. The second-order valence-corrected chi connectivity index (χ2v) is 20.6. The van der Waals surface area contributed by atoms with Crippen LogP contribution in [0.4, 0.5) is 5.69 Å². The fraction of sp³-hybridized carbons (Fsp3) is 0.545. The van der Waals surface area contributed by atoms with Crippen LogP contribution in [-0.2, 0) is 32.0 Å². The molecule has 2 aliphatic carbocycles. The summed E-state index contributed by atoms with van der Waals surface area (Å²) < 4.78 is 27.8. The zero-order valence-corrected chi connectivity index (χ0v) is 49.7. The Kier molecular flexibility index (Phi) is 38.9. The Labute approximate surface area is 475 Å². The van der Waals surface area contributed by atoms with Gasteiger partial charge in [0.2, 0.25) is 0 Å². The summed E-state index contributed by atoms with van der Waals surface area (Å²) in [5, 5.41) is 11.2. The minimum Gasteiger partial charge on any atom is -0.497 e. The van der Waals surface area contributed by atoms with E-state index in [2.05, 4.69) is 50.0 Å². The van der Waals surface area contributed by atoms with Crippen LogP contribution in [0.25, 0.3) is 0 Å². The van der Waals surface area contributed by atoms with Gasteiger partial charge in [-0.25, -0.2) is 4.79 Å². The molecule has 0 heterocycles. The van der Waals surface area contributed by atoms with Crippen molar-refractivity contribution in [3.05, 3.63) is 120 Å². The third kappa shape index (κ3) is 29.4. The van der Waals surface area contributed by atoms with Gasteiger partial charge in [0.1, 0.15) is 29.3 Å². The third-order valence-corrected chi connectivity index (χ3v) is 14.7. The van der Waals surface area contributed by atoms with Gasteiger partial charge in [-0.05, 0) is 174 Å². The molecule has 0 unspecified atom stereocenters. The highest BCUT2D eigenvalue weighted by atomic mass is 32.2. The first-order valence-corrected chi connectivity index (χ1v) is 30.4. The number of methoxy groups -OCH3 is 1. The van der Waals surface area contributed by atoms with Crippen molar-refractivity contribution in [2.45, 2.75) is 175 Å². The van der Waals surface area contributed by atoms with Crippen molar-refractivity contribution in [3.63, 3.8) is 0 Å². The van der Waals surface area contributed by atoms with Gasteiger partial charge in [-0.15, -0.1) is 11.8 Å². The summed E-state index contributed by atoms with van der Waals surface area (Å²) in [7, 11) is 1.70. The molecule has 0 amide bonds. The number of ether oxygens (including phenoxy) is 5. The van der Waals surface area contributed by atoms with E-state index in [1.54, 1.807) is 18.9 Å². The van der Waals surface area contributed by atoms with Crippen molar-refractivity contribution in [2.24, 2.45) is 23.7 Å². The maximum Gasteiger partial charge on any atom is 0.330 e. The predicted octanol–water partition coefficient (Wildman–Crippen LogP) is 16.3. The number of hydrogen-bond donors (Lipinski definition) is 3. The van der Waals surface area contributed by atoms with E-state index in [0.717, 1.165) is 124 Å². The molecule has 432 valence electrons. The molecule has 0 bridgehead atoms. The van der Waals surface area contributed by atoms with Crippen molar-refractivity contribution in [3.8, 4) is 23.0 Å². The lowest BCUT2D eigenvalue weighted by molar-refractivity contribution is -0.140. The maximum absolute atomic E-state index is 12.7. The second-order valence-electron chi connectivity index (χ2n) is 19.5. The summed E-state index contributed by atoms with van der Waals surface area (Å²) >= 11 is 1.72. The Morgan fingerprint density at radius 1 is 0.692 bits per heavy atom. The number of carbonyl (C=O) groups is 3. The molecule has 4 N–H and O–H groups in total. The standard InChI is InChI=1S/C34H45NO5.C16H24N2O2S.C12H18O.2C2H6/c1-2-3-4-5-25-12-16-31(17-13-25)40-34(37)29-14-10-28(11-15-29)23-38-32-18-19-33(30(20-32)21-35)39-24-27-8-6-26(22-36)7-9-27;1-2-16(19)20-12-8-4-3-7-11-18-13-21-15-10-6-5-9-14(15)17;1-3-4-5-6-11-7-9-12(13-2)10-8-11;2*1-2/h12-13,16-22,26-29,35H,2-11,14-15,23-24H2,1H3;2,5-6,9-10,18H,1,3-4,7-8,11-13,17H2;7-10H,3-6H2,1-2H3;2*1-2H3. The number of nitrogens with two attached hydrogens (primary N) is 1. The first-order chi connectivity index (χ1) is 38.2. The number of aryl methyl sites for hydroxylation is 2. The van der Waals surface area contributed by atoms with Crippen molar-refractivity contribution in [1.29, 1.82) is 5.41 Å². The van der Waals surface area contributed by atoms with E-state index in [1.807, 2.05) is 94.4 Å². The summed E-state index contributed by atoms with van der Waals surface area (Å²) in [6, 6.07) is 29.9. The third-order valence-electron chi connectivity index (χ3n) is 13.7. The average molecular weight is 1090 g/mol. The van der Waals surface area contributed by atoms with Gasteiger partial charge < -0.3 is 44.9 Å². The molecule has 11 nitrogen and oxygen atoms in total. The molecule has 0 atom stereocenters. The number of rotatable bonds is 30. The minimum atomic E-state index is -0.339. The summed E-state index contributed by atoms with van der Waals surface area (Å²) in [6.45, 7) is 18.5. The SMILES string of the molecule is C=CC(=O)OCCCCCCNCSc1ccccc1N.CC.CC.CCCCCc1ccc(OC(=O)C2CCC(COc3ccc(OCC4CCC(C=O)CC4)c(C=N)c3)CC2)cc1.CCCCCc1ccc(OC)cc1. The van der Waals surface area contributed by atoms with Crippen molar-refractivity contribution >= 4 is 41.9 Å². The molecule has 0 saturated heterocycles. The molecule has 78 heavy (non-hydrogen) atoms. The molecular weight excluding hydrogens is 995 g/mol. The Hall–Kier alpha value is -5.59. The molecule has 2 aliphatic rings. The number of benzene rings is 4. The fourth-order valence-corrected chi connectivity index (χ4v) is 9.77. The van der Waals surface area contributed by atoms with Crippen LogP contribution in [0.1, 0.15) is 174 Å². The number of carbonyl (C=O) groups excluding carboxylic acids is 3. The summed E-state index contributed by atoms with van der Waals surface area (Å²) in [4.78, 5) is 35.6. The van der Waals surface area contributed by atoms with E-state index in [1.165, 1.54) is 68.4 Å². The van der Waals surface area contributed by atoms with Crippen molar-refractivity contribution in [2.75, 3.05) is 45.1 Å². The van der Waals surface area contributed by atoms with E-state index >= 15 is 0 Å². The highest BCUT2D eigenvalue weighted by Crippen LogP contribution is 2.33. The van der Waals surface area contributed by atoms with Gasteiger partial charge in [0.25, 0.3) is 0 Å². The van der Waals surface area contributed by atoms with Crippen LogP contribution in [-0.4, -0.2) is 63.8 Å². The van der Waals surface area contributed by atoms with E-state index in [0.29, 0.717) is 48.7 Å². The van der Waals surface area contributed by atoms with E-state index in [4.69, 9.17) is 34.8 Å². The molecule has 0 aliphatic heterocycles. The lowest BCUT2D eigenvalue weighted by Crippen LogP contribution is -2.27. The molecule has 0 aromatic heterocycles. The van der Waals surface area contributed by atoms with Crippen LogP contribution in [0, 0.1) is 29.1 Å². The number of anilines is 1. The average Bonchev–Trinajstić information content (AvgIpc) is 3.49. The molecule has 2 saturated carbocycles. The van der Waals surface area contributed by atoms with Gasteiger partial charge in [0.05, 0.1) is 32.8 Å². The van der Waals surface area contributed by atoms with Crippen LogP contribution in [0.15, 0.2) is 109 Å². The van der Waals surface area contributed by atoms with Gasteiger partial charge in [0.15, 0.2) is 0 Å². The van der Waals surface area contributed by atoms with E-state index in [9.17, 15) is 14.4 Å². The van der Waals surface area contributed by atoms with Gasteiger partial charge in [-0.3, -0.25) is 4.79 Å². The number of nitrogen functional groups attached to an aromatic ring is 1. The molecule has 4 aromatic carbocycles. The van der Waals surface area contributed by atoms with Crippen LogP contribution in [0.5, 0.6) is 23.0 Å². The predicted molar refractivity (Wildman–Crippen MR) is 326 cm³/mol. The van der Waals surface area contributed by atoms with Crippen LogP contribution >= 0.6 is 11.8 Å². The van der Waals surface area contributed by atoms with E-state index in [-0.39, 0.29) is 23.8 Å². The number of para-hydroxylation sites is 1. The Balaban J connectivity index is 0.000000455. The van der Waals surface area contributed by atoms with Crippen LogP contribution in [0.2, 0.25) is 0 Å². The Bertz CT molecular complexity index is 2190. The van der Waals surface area contributed by atoms with Crippen LogP contribution < -0.4 is 30.0 Å². The largest absolute Gasteiger partial charge is 0.497 e. The quantitative estimate of drug-likeness (QED) is 0.00525. The molecule has 6 rings (SSSR count). The Morgan fingerprint density at radius 2 is 1.26 bits per heavy atom. The van der Waals surface area contributed by atoms with Gasteiger partial charge in [-0.2, -0.15) is 0 Å². The van der Waals surface area contributed by atoms with Crippen molar-refractivity contribution < 1.29 is 38.1 Å².